The summed E-state index contributed by atoms with van der Waals surface area (Å²) in [5.41, 5.74) is 3.28. The molecule has 0 atom stereocenters. The molecule has 1 saturated carbocycles. The topological polar surface area (TPSA) is 44.3 Å². The summed E-state index contributed by atoms with van der Waals surface area (Å²) in [7, 11) is 0. The SMILES string of the molecule is Cc1cccc(Nc2nc(C)cc(N3CCCN(CC4CCCCC4)CC3)n2)c1. The zero-order valence-electron chi connectivity index (χ0n) is 18.0. The second-order valence-electron chi connectivity index (χ2n) is 8.83. The van der Waals surface area contributed by atoms with Crippen molar-refractivity contribution < 1.29 is 0 Å². The van der Waals surface area contributed by atoms with E-state index in [0.29, 0.717) is 5.95 Å². The van der Waals surface area contributed by atoms with Gasteiger partial charge in [-0.15, -0.1) is 0 Å². The third-order valence-electron chi connectivity index (χ3n) is 6.27. The molecule has 1 aliphatic heterocycles. The summed E-state index contributed by atoms with van der Waals surface area (Å²) in [6.45, 7) is 9.92. The summed E-state index contributed by atoms with van der Waals surface area (Å²) < 4.78 is 0. The van der Waals surface area contributed by atoms with E-state index in [1.54, 1.807) is 0 Å². The summed E-state index contributed by atoms with van der Waals surface area (Å²) in [4.78, 5) is 14.6. The summed E-state index contributed by atoms with van der Waals surface area (Å²) in [5, 5.41) is 3.38. The summed E-state index contributed by atoms with van der Waals surface area (Å²) >= 11 is 0. The van der Waals surface area contributed by atoms with Gasteiger partial charge in [0.1, 0.15) is 5.82 Å². The Hall–Kier alpha value is -2.14. The summed E-state index contributed by atoms with van der Waals surface area (Å²) in [5.74, 6) is 2.66. The van der Waals surface area contributed by atoms with E-state index in [1.807, 2.05) is 0 Å². The molecule has 2 heterocycles. The number of hydrogen-bond donors (Lipinski definition) is 1. The number of benzene rings is 1. The quantitative estimate of drug-likeness (QED) is 0.780. The lowest BCUT2D eigenvalue weighted by atomic mass is 9.89. The Morgan fingerprint density at radius 2 is 1.79 bits per heavy atom. The van der Waals surface area contributed by atoms with Gasteiger partial charge in [0.2, 0.25) is 5.95 Å². The van der Waals surface area contributed by atoms with Crippen LogP contribution in [0, 0.1) is 19.8 Å². The standard InChI is InChI=1S/C24H35N5/c1-19-8-6-11-22(16-19)26-24-25-20(2)17-23(27-24)29-13-7-12-28(14-15-29)18-21-9-4-3-5-10-21/h6,8,11,16-17,21H,3-5,7,9-10,12-15,18H2,1-2H3,(H,25,26,27). The van der Waals surface area contributed by atoms with Crippen LogP contribution >= 0.6 is 0 Å². The van der Waals surface area contributed by atoms with Crippen molar-refractivity contribution in [3.05, 3.63) is 41.6 Å². The van der Waals surface area contributed by atoms with E-state index < -0.39 is 0 Å². The van der Waals surface area contributed by atoms with Gasteiger partial charge in [0.05, 0.1) is 0 Å². The minimum atomic E-state index is 0.689. The Bertz CT molecular complexity index is 800. The van der Waals surface area contributed by atoms with Gasteiger partial charge in [-0.05, 0) is 63.3 Å². The fourth-order valence-corrected chi connectivity index (χ4v) is 4.74. The molecular weight excluding hydrogens is 358 g/mol. The molecular formula is C24H35N5. The lowest BCUT2D eigenvalue weighted by Crippen LogP contribution is -2.34. The highest BCUT2D eigenvalue weighted by Gasteiger charge is 2.21. The number of aryl methyl sites for hydroxylation is 2. The van der Waals surface area contributed by atoms with Gasteiger partial charge in [-0.3, -0.25) is 0 Å². The van der Waals surface area contributed by atoms with Crippen molar-refractivity contribution in [1.82, 2.24) is 14.9 Å². The molecule has 2 aromatic rings. The van der Waals surface area contributed by atoms with Crippen molar-refractivity contribution in [2.24, 2.45) is 5.92 Å². The van der Waals surface area contributed by atoms with Crippen LogP contribution in [0.1, 0.15) is 49.8 Å². The van der Waals surface area contributed by atoms with Crippen LogP contribution in [0.2, 0.25) is 0 Å². The van der Waals surface area contributed by atoms with E-state index in [1.165, 1.54) is 57.2 Å². The largest absolute Gasteiger partial charge is 0.355 e. The minimum Gasteiger partial charge on any atom is -0.355 e. The number of aromatic nitrogens is 2. The highest BCUT2D eigenvalue weighted by molar-refractivity contribution is 5.56. The maximum atomic E-state index is 4.85. The van der Waals surface area contributed by atoms with Gasteiger partial charge in [0, 0.05) is 43.6 Å². The average Bonchev–Trinajstić information content (AvgIpc) is 2.94. The van der Waals surface area contributed by atoms with E-state index >= 15 is 0 Å². The van der Waals surface area contributed by atoms with Gasteiger partial charge in [-0.1, -0.05) is 31.4 Å². The smallest absolute Gasteiger partial charge is 0.229 e. The first-order chi connectivity index (χ1) is 14.2. The first kappa shape index (κ1) is 20.1. The Balaban J connectivity index is 1.40. The Morgan fingerprint density at radius 3 is 2.62 bits per heavy atom. The molecule has 4 rings (SSSR count). The lowest BCUT2D eigenvalue weighted by molar-refractivity contribution is 0.211. The highest BCUT2D eigenvalue weighted by Crippen LogP contribution is 2.25. The van der Waals surface area contributed by atoms with Crippen LogP contribution in [0.4, 0.5) is 17.5 Å². The molecule has 2 fully saturated rings. The minimum absolute atomic E-state index is 0.689. The second-order valence-corrected chi connectivity index (χ2v) is 8.83. The van der Waals surface area contributed by atoms with Crippen LogP contribution in [0.15, 0.2) is 30.3 Å². The second kappa shape index (κ2) is 9.57. The van der Waals surface area contributed by atoms with E-state index in [-0.39, 0.29) is 0 Å². The van der Waals surface area contributed by atoms with Crippen LogP contribution in [-0.4, -0.2) is 47.6 Å². The molecule has 2 aliphatic rings. The monoisotopic (exact) mass is 393 g/mol. The van der Waals surface area contributed by atoms with Crippen molar-refractivity contribution in [3.8, 4) is 0 Å². The van der Waals surface area contributed by atoms with Gasteiger partial charge >= 0.3 is 0 Å². The maximum absolute atomic E-state index is 4.85. The van der Waals surface area contributed by atoms with Crippen molar-refractivity contribution in [2.75, 3.05) is 42.9 Å². The predicted molar refractivity (Wildman–Crippen MR) is 121 cm³/mol. The van der Waals surface area contributed by atoms with Crippen LogP contribution in [0.5, 0.6) is 0 Å². The van der Waals surface area contributed by atoms with Gasteiger partial charge in [0.25, 0.3) is 0 Å². The molecule has 0 unspecified atom stereocenters. The van der Waals surface area contributed by atoms with E-state index in [2.05, 4.69) is 64.3 Å². The fraction of sp³-hybridized carbons (Fsp3) is 0.583. The van der Waals surface area contributed by atoms with Gasteiger partial charge in [-0.25, -0.2) is 4.98 Å². The van der Waals surface area contributed by atoms with Crippen LogP contribution < -0.4 is 10.2 Å². The summed E-state index contributed by atoms with van der Waals surface area (Å²) in [6.07, 6.45) is 8.37. The third-order valence-corrected chi connectivity index (χ3v) is 6.27. The first-order valence-corrected chi connectivity index (χ1v) is 11.3. The highest BCUT2D eigenvalue weighted by atomic mass is 15.3. The van der Waals surface area contributed by atoms with E-state index in [9.17, 15) is 0 Å². The zero-order chi connectivity index (χ0) is 20.1. The van der Waals surface area contributed by atoms with Crippen LogP contribution in [0.3, 0.4) is 0 Å². The normalized spacial score (nSPS) is 19.2. The maximum Gasteiger partial charge on any atom is 0.229 e. The molecule has 0 radical (unpaired) electrons. The third kappa shape index (κ3) is 5.69. The zero-order valence-corrected chi connectivity index (χ0v) is 18.0. The number of anilines is 3. The summed E-state index contributed by atoms with van der Waals surface area (Å²) in [6, 6.07) is 10.5. The molecule has 1 N–H and O–H groups in total. The number of nitrogens with one attached hydrogen (secondary N) is 1. The molecule has 5 nitrogen and oxygen atoms in total. The molecule has 1 saturated heterocycles. The van der Waals surface area contributed by atoms with E-state index in [0.717, 1.165) is 42.8 Å². The molecule has 156 valence electrons. The lowest BCUT2D eigenvalue weighted by Gasteiger charge is -2.29. The van der Waals surface area contributed by atoms with Gasteiger partial charge in [-0.2, -0.15) is 4.98 Å². The predicted octanol–water partition coefficient (Wildman–Crippen LogP) is 4.93. The van der Waals surface area contributed by atoms with E-state index in [4.69, 9.17) is 4.98 Å². The Morgan fingerprint density at radius 1 is 0.931 bits per heavy atom. The van der Waals surface area contributed by atoms with Crippen LogP contribution in [-0.2, 0) is 0 Å². The van der Waals surface area contributed by atoms with Crippen molar-refractivity contribution in [3.63, 3.8) is 0 Å². The molecule has 1 aromatic heterocycles. The first-order valence-electron chi connectivity index (χ1n) is 11.3. The average molecular weight is 394 g/mol. The molecule has 1 aromatic carbocycles. The molecule has 0 bridgehead atoms. The number of hydrogen-bond acceptors (Lipinski definition) is 5. The number of rotatable bonds is 5. The van der Waals surface area contributed by atoms with Crippen molar-refractivity contribution in [1.29, 1.82) is 0 Å². The molecule has 5 heteroatoms. The number of nitrogens with zero attached hydrogens (tertiary/aromatic N) is 4. The van der Waals surface area contributed by atoms with Crippen molar-refractivity contribution in [2.45, 2.75) is 52.4 Å². The van der Waals surface area contributed by atoms with Gasteiger partial charge in [0.15, 0.2) is 0 Å². The molecule has 0 amide bonds. The van der Waals surface area contributed by atoms with Gasteiger partial charge < -0.3 is 15.1 Å². The fourth-order valence-electron chi connectivity index (χ4n) is 4.74. The Labute approximate surface area is 175 Å². The van der Waals surface area contributed by atoms with Crippen LogP contribution in [0.25, 0.3) is 0 Å². The molecule has 29 heavy (non-hydrogen) atoms. The molecule has 0 spiro atoms. The van der Waals surface area contributed by atoms with Crippen molar-refractivity contribution >= 4 is 17.5 Å². The molecule has 1 aliphatic carbocycles. The Kier molecular flexibility index (Phi) is 6.65.